The van der Waals surface area contributed by atoms with Crippen molar-refractivity contribution in [3.63, 3.8) is 0 Å². The molecule has 0 bridgehead atoms. The van der Waals surface area contributed by atoms with Gasteiger partial charge in [0, 0.05) is 3.57 Å². The van der Waals surface area contributed by atoms with Crippen LogP contribution in [0.25, 0.3) is 11.1 Å². The molecular weight excluding hydrogens is 340 g/mol. The van der Waals surface area contributed by atoms with E-state index in [1.165, 1.54) is 12.1 Å². The lowest BCUT2D eigenvalue weighted by molar-refractivity contribution is -0.137. The van der Waals surface area contributed by atoms with Gasteiger partial charge in [-0.1, -0.05) is 36.4 Å². The molecule has 2 aromatic carbocycles. The van der Waals surface area contributed by atoms with Gasteiger partial charge >= 0.3 is 6.18 Å². The molecule has 0 atom stereocenters. The van der Waals surface area contributed by atoms with Crippen LogP contribution in [0.3, 0.4) is 0 Å². The van der Waals surface area contributed by atoms with Crippen LogP contribution in [0.15, 0.2) is 48.5 Å². The Morgan fingerprint density at radius 3 is 2.12 bits per heavy atom. The molecule has 0 aliphatic carbocycles. The summed E-state index contributed by atoms with van der Waals surface area (Å²) in [6, 6.07) is 13.0. The van der Waals surface area contributed by atoms with E-state index in [0.29, 0.717) is 9.13 Å². The maximum Gasteiger partial charge on any atom is 0.417 e. The topological polar surface area (TPSA) is 0 Å². The third-order valence-corrected chi connectivity index (χ3v) is 3.04. The van der Waals surface area contributed by atoms with Gasteiger partial charge in [-0.15, -0.1) is 0 Å². The Morgan fingerprint density at radius 1 is 0.882 bits per heavy atom. The summed E-state index contributed by atoms with van der Waals surface area (Å²) in [6.45, 7) is 0. The maximum atomic E-state index is 12.9. The third kappa shape index (κ3) is 2.80. The van der Waals surface area contributed by atoms with Crippen LogP contribution in [0.1, 0.15) is 5.56 Å². The van der Waals surface area contributed by atoms with E-state index in [1.54, 1.807) is 36.4 Å². The molecule has 0 aliphatic heterocycles. The fourth-order valence-electron chi connectivity index (χ4n) is 1.62. The Labute approximate surface area is 111 Å². The van der Waals surface area contributed by atoms with Gasteiger partial charge < -0.3 is 0 Å². The van der Waals surface area contributed by atoms with E-state index in [0.717, 1.165) is 0 Å². The van der Waals surface area contributed by atoms with Gasteiger partial charge in [0.05, 0.1) is 5.56 Å². The van der Waals surface area contributed by atoms with Crippen molar-refractivity contribution in [1.29, 1.82) is 0 Å². The second-order valence-corrected chi connectivity index (χ2v) is 4.80. The highest BCUT2D eigenvalue weighted by Gasteiger charge is 2.33. The molecule has 17 heavy (non-hydrogen) atoms. The van der Waals surface area contributed by atoms with Gasteiger partial charge in [-0.3, -0.25) is 0 Å². The molecule has 0 radical (unpaired) electrons. The Hall–Kier alpha value is -1.04. The van der Waals surface area contributed by atoms with Crippen molar-refractivity contribution in [2.75, 3.05) is 0 Å². The largest absolute Gasteiger partial charge is 0.417 e. The maximum absolute atomic E-state index is 12.9. The zero-order valence-electron chi connectivity index (χ0n) is 8.63. The van der Waals surface area contributed by atoms with Crippen LogP contribution >= 0.6 is 22.6 Å². The second-order valence-electron chi connectivity index (χ2n) is 3.55. The Kier molecular flexibility index (Phi) is 3.42. The van der Waals surface area contributed by atoms with E-state index in [1.807, 2.05) is 22.6 Å². The van der Waals surface area contributed by atoms with Gasteiger partial charge in [0.1, 0.15) is 0 Å². The van der Waals surface area contributed by atoms with Gasteiger partial charge in [-0.05, 0) is 45.9 Å². The van der Waals surface area contributed by atoms with Gasteiger partial charge in [0.15, 0.2) is 0 Å². The molecule has 0 aliphatic rings. The van der Waals surface area contributed by atoms with Crippen molar-refractivity contribution in [2.45, 2.75) is 6.18 Å². The smallest absolute Gasteiger partial charge is 0.166 e. The van der Waals surface area contributed by atoms with Gasteiger partial charge in [0.2, 0.25) is 0 Å². The summed E-state index contributed by atoms with van der Waals surface area (Å²) in [4.78, 5) is 0. The molecule has 0 saturated carbocycles. The first-order chi connectivity index (χ1) is 7.98. The normalized spacial score (nSPS) is 11.5. The average Bonchev–Trinajstić information content (AvgIpc) is 2.29. The van der Waals surface area contributed by atoms with Crippen LogP contribution in [0.4, 0.5) is 13.2 Å². The highest BCUT2D eigenvalue weighted by atomic mass is 127. The third-order valence-electron chi connectivity index (χ3n) is 2.37. The number of alkyl halides is 3. The van der Waals surface area contributed by atoms with Crippen molar-refractivity contribution >= 4 is 22.6 Å². The minimum atomic E-state index is -4.33. The molecule has 0 amide bonds. The van der Waals surface area contributed by atoms with Crippen LogP contribution in [-0.4, -0.2) is 0 Å². The van der Waals surface area contributed by atoms with Crippen molar-refractivity contribution in [1.82, 2.24) is 0 Å². The van der Waals surface area contributed by atoms with E-state index in [4.69, 9.17) is 0 Å². The van der Waals surface area contributed by atoms with Crippen molar-refractivity contribution in [3.8, 4) is 11.1 Å². The highest BCUT2D eigenvalue weighted by molar-refractivity contribution is 14.1. The number of benzene rings is 2. The first kappa shape index (κ1) is 12.4. The minimum Gasteiger partial charge on any atom is -0.166 e. The fourth-order valence-corrected chi connectivity index (χ4v) is 2.11. The van der Waals surface area contributed by atoms with Crippen LogP contribution in [0, 0.1) is 3.57 Å². The standard InChI is InChI=1S/C13H8F3I/c14-13(15,16)12-8-10(17)6-7-11(12)9-4-2-1-3-5-9/h1-8H. The molecule has 0 fully saturated rings. The molecule has 0 N–H and O–H groups in total. The molecule has 0 saturated heterocycles. The SMILES string of the molecule is FC(F)(F)c1cc(I)ccc1-c1ccccc1. The molecule has 0 nitrogen and oxygen atoms in total. The van der Waals surface area contributed by atoms with Crippen molar-refractivity contribution < 1.29 is 13.2 Å². The predicted molar refractivity (Wildman–Crippen MR) is 69.6 cm³/mol. The monoisotopic (exact) mass is 348 g/mol. The zero-order chi connectivity index (χ0) is 12.5. The predicted octanol–water partition coefficient (Wildman–Crippen LogP) is 4.98. The lowest BCUT2D eigenvalue weighted by atomic mass is 9.99. The quantitative estimate of drug-likeness (QED) is 0.638. The van der Waals surface area contributed by atoms with E-state index < -0.39 is 11.7 Å². The lowest BCUT2D eigenvalue weighted by Crippen LogP contribution is -2.07. The number of rotatable bonds is 1. The van der Waals surface area contributed by atoms with Crippen LogP contribution in [0.2, 0.25) is 0 Å². The Balaban J connectivity index is 2.63. The van der Waals surface area contributed by atoms with Gasteiger partial charge in [0.25, 0.3) is 0 Å². The summed E-state index contributed by atoms with van der Waals surface area (Å²) < 4.78 is 39.3. The van der Waals surface area contributed by atoms with E-state index in [2.05, 4.69) is 0 Å². The summed E-state index contributed by atoms with van der Waals surface area (Å²) in [7, 11) is 0. The van der Waals surface area contributed by atoms with Crippen LogP contribution in [0.5, 0.6) is 0 Å². The lowest BCUT2D eigenvalue weighted by Gasteiger charge is -2.13. The van der Waals surface area contributed by atoms with E-state index in [-0.39, 0.29) is 5.56 Å². The molecule has 2 aromatic rings. The molecule has 0 aromatic heterocycles. The summed E-state index contributed by atoms with van der Waals surface area (Å²) in [5.74, 6) is 0. The number of halogens is 4. The number of hydrogen-bond acceptors (Lipinski definition) is 0. The number of hydrogen-bond donors (Lipinski definition) is 0. The molecule has 4 heteroatoms. The molecular formula is C13H8F3I. The summed E-state index contributed by atoms with van der Waals surface area (Å²) in [5, 5.41) is 0. The molecule has 0 unspecified atom stereocenters. The molecule has 0 spiro atoms. The van der Waals surface area contributed by atoms with Crippen LogP contribution < -0.4 is 0 Å². The van der Waals surface area contributed by atoms with Crippen LogP contribution in [-0.2, 0) is 6.18 Å². The van der Waals surface area contributed by atoms with Crippen molar-refractivity contribution in [2.24, 2.45) is 0 Å². The van der Waals surface area contributed by atoms with Crippen molar-refractivity contribution in [3.05, 3.63) is 57.7 Å². The fraction of sp³-hybridized carbons (Fsp3) is 0.0769. The minimum absolute atomic E-state index is 0.221. The molecule has 0 heterocycles. The molecule has 2 rings (SSSR count). The summed E-state index contributed by atoms with van der Waals surface area (Å²) in [5.41, 5.74) is 0.213. The van der Waals surface area contributed by atoms with Gasteiger partial charge in [-0.25, -0.2) is 0 Å². The highest BCUT2D eigenvalue weighted by Crippen LogP contribution is 2.37. The zero-order valence-corrected chi connectivity index (χ0v) is 10.8. The van der Waals surface area contributed by atoms with E-state index in [9.17, 15) is 13.2 Å². The Morgan fingerprint density at radius 2 is 1.53 bits per heavy atom. The molecule has 88 valence electrons. The van der Waals surface area contributed by atoms with E-state index >= 15 is 0 Å². The average molecular weight is 348 g/mol. The Bertz CT molecular complexity index is 518. The summed E-state index contributed by atoms with van der Waals surface area (Å²) in [6.07, 6.45) is -4.33. The summed E-state index contributed by atoms with van der Waals surface area (Å²) >= 11 is 1.88. The first-order valence-electron chi connectivity index (χ1n) is 4.90. The second kappa shape index (κ2) is 4.68. The van der Waals surface area contributed by atoms with Gasteiger partial charge in [-0.2, -0.15) is 13.2 Å². The first-order valence-corrected chi connectivity index (χ1v) is 5.98.